The van der Waals surface area contributed by atoms with Gasteiger partial charge < -0.3 is 4.74 Å². The zero-order chi connectivity index (χ0) is 17.8. The zero-order valence-electron chi connectivity index (χ0n) is 13.6. The molecule has 3 rings (SSSR count). The van der Waals surface area contributed by atoms with Crippen LogP contribution in [0.25, 0.3) is 5.69 Å². The molecule has 0 aliphatic rings. The van der Waals surface area contributed by atoms with Crippen molar-refractivity contribution in [3.8, 4) is 29.5 Å². The van der Waals surface area contributed by atoms with Crippen molar-refractivity contribution in [1.29, 1.82) is 5.26 Å². The van der Waals surface area contributed by atoms with Crippen molar-refractivity contribution in [2.24, 2.45) is 0 Å². The van der Waals surface area contributed by atoms with Gasteiger partial charge in [-0.25, -0.2) is 14.1 Å². The van der Waals surface area contributed by atoms with E-state index < -0.39 is 5.82 Å². The van der Waals surface area contributed by atoms with Gasteiger partial charge in [-0.15, -0.1) is 5.10 Å². The normalized spacial score (nSPS) is 9.84. The van der Waals surface area contributed by atoms with Gasteiger partial charge in [0.1, 0.15) is 17.1 Å². The number of methoxy groups -OCH3 is 1. The van der Waals surface area contributed by atoms with Gasteiger partial charge in [0, 0.05) is 6.20 Å². The molecule has 0 fully saturated rings. The summed E-state index contributed by atoms with van der Waals surface area (Å²) < 4.78 is 20.5. The lowest BCUT2D eigenvalue weighted by molar-refractivity contribution is 0.393. The molecule has 0 atom stereocenters. The standard InChI is InChI=1S/C19H13FN4O/c1-13-18(7-6-16-5-3-4-8-22-16)19(25-2)23-24(13)17-10-14(12-21)9-15(20)11-17/h3-5,8-11H,1-2H3. The molecule has 0 unspecified atom stereocenters. The highest BCUT2D eigenvalue weighted by Crippen LogP contribution is 2.24. The van der Waals surface area contributed by atoms with E-state index >= 15 is 0 Å². The highest BCUT2D eigenvalue weighted by Gasteiger charge is 2.16. The van der Waals surface area contributed by atoms with Crippen molar-refractivity contribution in [3.05, 3.63) is 70.9 Å². The molecule has 2 heterocycles. The first-order chi connectivity index (χ1) is 12.1. The fraction of sp³-hybridized carbons (Fsp3) is 0.105. The summed E-state index contributed by atoms with van der Waals surface area (Å²) in [5.74, 6) is 5.77. The Morgan fingerprint density at radius 1 is 1.20 bits per heavy atom. The number of hydrogen-bond donors (Lipinski definition) is 0. The highest BCUT2D eigenvalue weighted by atomic mass is 19.1. The van der Waals surface area contributed by atoms with Gasteiger partial charge in [0.15, 0.2) is 0 Å². The Morgan fingerprint density at radius 3 is 2.72 bits per heavy atom. The number of halogens is 1. The average Bonchev–Trinajstić information content (AvgIpc) is 2.96. The van der Waals surface area contributed by atoms with E-state index in [1.165, 1.54) is 23.9 Å². The third-order valence-corrected chi connectivity index (χ3v) is 3.51. The lowest BCUT2D eigenvalue weighted by atomic mass is 10.2. The van der Waals surface area contributed by atoms with Crippen LogP contribution in [0, 0.1) is 35.9 Å². The summed E-state index contributed by atoms with van der Waals surface area (Å²) in [6.07, 6.45) is 1.66. The second-order valence-corrected chi connectivity index (χ2v) is 5.16. The molecule has 0 spiro atoms. The molecule has 25 heavy (non-hydrogen) atoms. The number of rotatable bonds is 2. The molecule has 122 valence electrons. The Labute approximate surface area is 144 Å². The van der Waals surface area contributed by atoms with Crippen LogP contribution in [0.3, 0.4) is 0 Å². The number of aromatic nitrogens is 3. The van der Waals surface area contributed by atoms with E-state index in [9.17, 15) is 4.39 Å². The van der Waals surface area contributed by atoms with Crippen LogP contribution in [-0.4, -0.2) is 21.9 Å². The van der Waals surface area contributed by atoms with E-state index in [2.05, 4.69) is 21.9 Å². The monoisotopic (exact) mass is 332 g/mol. The van der Waals surface area contributed by atoms with Crippen LogP contribution in [-0.2, 0) is 0 Å². The maximum atomic E-state index is 13.7. The molecular formula is C19H13FN4O. The van der Waals surface area contributed by atoms with Gasteiger partial charge in [-0.1, -0.05) is 12.0 Å². The number of nitrogens with zero attached hydrogens (tertiary/aromatic N) is 4. The Kier molecular flexibility index (Phi) is 4.45. The van der Waals surface area contributed by atoms with E-state index in [-0.39, 0.29) is 5.56 Å². The van der Waals surface area contributed by atoms with Crippen molar-refractivity contribution in [3.63, 3.8) is 0 Å². The Morgan fingerprint density at radius 2 is 2.04 bits per heavy atom. The van der Waals surface area contributed by atoms with Crippen LogP contribution in [0.5, 0.6) is 5.88 Å². The minimum absolute atomic E-state index is 0.213. The van der Waals surface area contributed by atoms with E-state index in [1.807, 2.05) is 18.2 Å². The number of benzene rings is 1. The van der Waals surface area contributed by atoms with Gasteiger partial charge in [0.25, 0.3) is 0 Å². The summed E-state index contributed by atoms with van der Waals surface area (Å²) in [5, 5.41) is 13.3. The molecular weight excluding hydrogens is 319 g/mol. The first-order valence-corrected chi connectivity index (χ1v) is 7.40. The summed E-state index contributed by atoms with van der Waals surface area (Å²) in [6.45, 7) is 1.80. The summed E-state index contributed by atoms with van der Waals surface area (Å²) >= 11 is 0. The summed E-state index contributed by atoms with van der Waals surface area (Å²) in [4.78, 5) is 4.15. The van der Waals surface area contributed by atoms with Crippen LogP contribution in [0.15, 0.2) is 42.6 Å². The van der Waals surface area contributed by atoms with Crippen molar-refractivity contribution >= 4 is 0 Å². The Bertz CT molecular complexity index is 1020. The van der Waals surface area contributed by atoms with Crippen LogP contribution in [0.4, 0.5) is 4.39 Å². The molecule has 0 N–H and O–H groups in total. The first-order valence-electron chi connectivity index (χ1n) is 7.40. The van der Waals surface area contributed by atoms with E-state index in [0.717, 1.165) is 0 Å². The molecule has 0 radical (unpaired) electrons. The van der Waals surface area contributed by atoms with E-state index in [0.29, 0.717) is 28.5 Å². The van der Waals surface area contributed by atoms with Crippen molar-refractivity contribution in [2.75, 3.05) is 7.11 Å². The molecule has 0 amide bonds. The zero-order valence-corrected chi connectivity index (χ0v) is 13.6. The molecule has 0 bridgehead atoms. The second kappa shape index (κ2) is 6.86. The van der Waals surface area contributed by atoms with Crippen LogP contribution in [0.2, 0.25) is 0 Å². The van der Waals surface area contributed by atoms with Crippen molar-refractivity contribution < 1.29 is 9.13 Å². The largest absolute Gasteiger partial charge is 0.479 e. The summed E-state index contributed by atoms with van der Waals surface area (Å²) in [5.41, 5.74) is 2.52. The van der Waals surface area contributed by atoms with Gasteiger partial charge >= 0.3 is 0 Å². The fourth-order valence-electron chi connectivity index (χ4n) is 2.34. The molecule has 0 aliphatic heterocycles. The Balaban J connectivity index is 2.10. The third kappa shape index (κ3) is 3.34. The van der Waals surface area contributed by atoms with Crippen LogP contribution >= 0.6 is 0 Å². The topological polar surface area (TPSA) is 63.7 Å². The number of nitriles is 1. The average molecular weight is 332 g/mol. The maximum absolute atomic E-state index is 13.7. The molecule has 6 heteroatoms. The smallest absolute Gasteiger partial charge is 0.249 e. The van der Waals surface area contributed by atoms with Crippen LogP contribution < -0.4 is 4.74 Å². The lowest BCUT2D eigenvalue weighted by Crippen LogP contribution is -2.00. The molecule has 5 nitrogen and oxygen atoms in total. The predicted molar refractivity (Wildman–Crippen MR) is 89.7 cm³/mol. The molecule has 0 aliphatic carbocycles. The molecule has 0 saturated heterocycles. The molecule has 3 aromatic rings. The van der Waals surface area contributed by atoms with Gasteiger partial charge in [-0.05, 0) is 43.2 Å². The maximum Gasteiger partial charge on any atom is 0.249 e. The summed E-state index contributed by atoms with van der Waals surface area (Å²) in [7, 11) is 1.49. The van der Waals surface area contributed by atoms with Gasteiger partial charge in [-0.3, -0.25) is 0 Å². The number of ether oxygens (including phenoxy) is 1. The lowest BCUT2D eigenvalue weighted by Gasteiger charge is -2.04. The number of hydrogen-bond acceptors (Lipinski definition) is 4. The third-order valence-electron chi connectivity index (χ3n) is 3.51. The fourth-order valence-corrected chi connectivity index (χ4v) is 2.34. The first kappa shape index (κ1) is 16.2. The second-order valence-electron chi connectivity index (χ2n) is 5.16. The van der Waals surface area contributed by atoms with E-state index in [4.69, 9.17) is 10.00 Å². The van der Waals surface area contributed by atoms with Gasteiger partial charge in [-0.2, -0.15) is 5.26 Å². The minimum atomic E-state index is -0.510. The quantitative estimate of drug-likeness (QED) is 0.677. The summed E-state index contributed by atoms with van der Waals surface area (Å²) in [6, 6.07) is 11.4. The van der Waals surface area contributed by atoms with Gasteiger partial charge in [0.05, 0.1) is 30.1 Å². The minimum Gasteiger partial charge on any atom is -0.479 e. The van der Waals surface area contributed by atoms with Gasteiger partial charge in [0.2, 0.25) is 5.88 Å². The van der Waals surface area contributed by atoms with E-state index in [1.54, 1.807) is 25.3 Å². The van der Waals surface area contributed by atoms with Crippen LogP contribution in [0.1, 0.15) is 22.5 Å². The Hall–Kier alpha value is -3.64. The van der Waals surface area contributed by atoms with Crippen molar-refractivity contribution in [2.45, 2.75) is 6.92 Å². The molecule has 1 aromatic carbocycles. The molecule has 2 aromatic heterocycles. The SMILES string of the molecule is COc1nn(-c2cc(F)cc(C#N)c2)c(C)c1C#Cc1ccccn1. The predicted octanol–water partition coefficient (Wildman–Crippen LogP) is 2.99. The molecule has 0 saturated carbocycles. The highest BCUT2D eigenvalue weighted by molar-refractivity contribution is 5.52. The van der Waals surface area contributed by atoms with Crippen molar-refractivity contribution in [1.82, 2.24) is 14.8 Å². The number of pyridine rings is 1.